The summed E-state index contributed by atoms with van der Waals surface area (Å²) in [5, 5.41) is 9.54. The van der Waals surface area contributed by atoms with Crippen molar-refractivity contribution in [1.82, 2.24) is 0 Å². The summed E-state index contributed by atoms with van der Waals surface area (Å²) in [7, 11) is 0. The smallest absolute Gasteiger partial charge is 0.313 e. The van der Waals surface area contributed by atoms with E-state index in [1.807, 2.05) is 12.2 Å². The summed E-state index contributed by atoms with van der Waals surface area (Å²) in [6, 6.07) is 0. The number of rotatable bonds is 25. The van der Waals surface area contributed by atoms with Gasteiger partial charge in [-0.15, -0.1) is 13.2 Å². The highest BCUT2D eigenvalue weighted by molar-refractivity contribution is 5.86. The zero-order chi connectivity index (χ0) is 27.6. The number of unbranched alkanes of at least 4 members (excludes halogenated alkanes) is 12. The number of hydrogen-bond donors (Lipinski definition) is 1. The van der Waals surface area contributed by atoms with E-state index >= 15 is 0 Å². The molecule has 0 amide bonds. The number of carbonyl (C=O) groups is 4. The average Bonchev–Trinajstić information content (AvgIpc) is 2.87. The molecule has 212 valence electrons. The van der Waals surface area contributed by atoms with Crippen LogP contribution in [0.15, 0.2) is 25.3 Å². The van der Waals surface area contributed by atoms with E-state index in [2.05, 4.69) is 13.2 Å². The summed E-state index contributed by atoms with van der Waals surface area (Å²) < 4.78 is 9.70. The van der Waals surface area contributed by atoms with Crippen molar-refractivity contribution in [2.75, 3.05) is 6.61 Å². The number of esters is 4. The Morgan fingerprint density at radius 3 is 1.22 bits per heavy atom. The van der Waals surface area contributed by atoms with Gasteiger partial charge in [0.25, 0.3) is 0 Å². The zero-order valence-corrected chi connectivity index (χ0v) is 22.9. The highest BCUT2D eigenvalue weighted by Crippen LogP contribution is 2.16. The second-order valence-corrected chi connectivity index (χ2v) is 9.72. The molecule has 0 aromatic carbocycles. The van der Waals surface area contributed by atoms with Crippen molar-refractivity contribution in [2.45, 2.75) is 128 Å². The number of carbonyl (C=O) groups excluding carboxylic acids is 4. The van der Waals surface area contributed by atoms with Crippen LogP contribution in [-0.4, -0.2) is 35.6 Å². The molecule has 1 N–H and O–H groups in total. The third-order valence-electron chi connectivity index (χ3n) is 6.31. The van der Waals surface area contributed by atoms with E-state index in [1.54, 1.807) is 0 Å². The van der Waals surface area contributed by atoms with E-state index in [0.717, 1.165) is 77.0 Å². The summed E-state index contributed by atoms with van der Waals surface area (Å²) in [5.74, 6) is -2.59. The third kappa shape index (κ3) is 23.8. The minimum atomic E-state index is -0.619. The van der Waals surface area contributed by atoms with E-state index in [-0.39, 0.29) is 38.2 Å². The maximum absolute atomic E-state index is 11.9. The first kappa shape index (κ1) is 34.7. The summed E-state index contributed by atoms with van der Waals surface area (Å²) in [4.78, 5) is 47.5. The van der Waals surface area contributed by atoms with Crippen LogP contribution in [-0.2, 0) is 28.7 Å². The van der Waals surface area contributed by atoms with E-state index in [0.29, 0.717) is 25.7 Å². The molecule has 0 aromatic heterocycles. The second kappa shape index (κ2) is 25.4. The molecule has 0 saturated carbocycles. The van der Waals surface area contributed by atoms with Crippen LogP contribution in [0.3, 0.4) is 0 Å². The highest BCUT2D eigenvalue weighted by atomic mass is 16.6. The zero-order valence-electron chi connectivity index (χ0n) is 22.9. The van der Waals surface area contributed by atoms with E-state index < -0.39 is 23.9 Å². The molecule has 0 fully saturated rings. The van der Waals surface area contributed by atoms with E-state index in [9.17, 15) is 24.3 Å². The molecule has 0 saturated heterocycles. The Labute approximate surface area is 224 Å². The molecule has 0 radical (unpaired) electrons. The number of ether oxygens (including phenoxy) is 2. The van der Waals surface area contributed by atoms with Crippen LogP contribution in [0.2, 0.25) is 0 Å². The standard InChI is InChI=1S/C30H50O7/c1-3-5-7-9-11-13-15-17-19-27(32)36-29(34)23-21-26(25-31)22-24-30(35)37-28(33)20-18-16-14-12-10-8-6-4-2/h3-4,26,31H,1-2,5-25H2. The molecule has 0 atom stereocenters. The van der Waals surface area contributed by atoms with Gasteiger partial charge in [0.05, 0.1) is 0 Å². The monoisotopic (exact) mass is 522 g/mol. The van der Waals surface area contributed by atoms with Gasteiger partial charge in [0, 0.05) is 32.3 Å². The van der Waals surface area contributed by atoms with Gasteiger partial charge in [0.15, 0.2) is 0 Å². The molecule has 37 heavy (non-hydrogen) atoms. The third-order valence-corrected chi connectivity index (χ3v) is 6.31. The molecular formula is C30H50O7. The topological polar surface area (TPSA) is 107 Å². The van der Waals surface area contributed by atoms with Crippen molar-refractivity contribution in [2.24, 2.45) is 5.92 Å². The Kier molecular flexibility index (Phi) is 23.8. The molecule has 0 aromatic rings. The largest absolute Gasteiger partial charge is 0.396 e. The van der Waals surface area contributed by atoms with Gasteiger partial charge >= 0.3 is 23.9 Å². The molecule has 0 bridgehead atoms. The summed E-state index contributed by atoms with van der Waals surface area (Å²) in [6.07, 6.45) is 19.1. The van der Waals surface area contributed by atoms with E-state index in [4.69, 9.17) is 9.47 Å². The van der Waals surface area contributed by atoms with Crippen LogP contribution >= 0.6 is 0 Å². The highest BCUT2D eigenvalue weighted by Gasteiger charge is 2.17. The number of aliphatic hydroxyl groups is 1. The van der Waals surface area contributed by atoms with Crippen LogP contribution in [0, 0.1) is 5.92 Å². The first-order valence-electron chi connectivity index (χ1n) is 14.2. The molecule has 0 spiro atoms. The lowest BCUT2D eigenvalue weighted by atomic mass is 9.98. The molecule has 0 aliphatic rings. The van der Waals surface area contributed by atoms with Gasteiger partial charge in [-0.1, -0.05) is 63.5 Å². The Morgan fingerprint density at radius 2 is 0.865 bits per heavy atom. The van der Waals surface area contributed by atoms with Gasteiger partial charge in [-0.3, -0.25) is 19.2 Å². The molecule has 0 aliphatic carbocycles. The average molecular weight is 523 g/mol. The van der Waals surface area contributed by atoms with Crippen molar-refractivity contribution >= 4 is 23.9 Å². The Balaban J connectivity index is 3.86. The predicted octanol–water partition coefficient (Wildman–Crippen LogP) is 6.91. The van der Waals surface area contributed by atoms with Gasteiger partial charge in [0.1, 0.15) is 0 Å². The van der Waals surface area contributed by atoms with Crippen LogP contribution < -0.4 is 0 Å². The molecule has 0 aliphatic heterocycles. The second-order valence-electron chi connectivity index (χ2n) is 9.72. The maximum Gasteiger partial charge on any atom is 0.313 e. The Morgan fingerprint density at radius 1 is 0.541 bits per heavy atom. The summed E-state index contributed by atoms with van der Waals surface area (Å²) in [5.41, 5.74) is 0. The quantitative estimate of drug-likeness (QED) is 0.0601. The van der Waals surface area contributed by atoms with Crippen LogP contribution in [0.5, 0.6) is 0 Å². The predicted molar refractivity (Wildman–Crippen MR) is 146 cm³/mol. The Bertz CT molecular complexity index is 602. The van der Waals surface area contributed by atoms with Crippen molar-refractivity contribution in [3.8, 4) is 0 Å². The first-order chi connectivity index (χ1) is 17.9. The molecule has 7 heteroatoms. The van der Waals surface area contributed by atoms with Gasteiger partial charge in [-0.25, -0.2) is 0 Å². The number of aliphatic hydroxyl groups excluding tert-OH is 1. The lowest BCUT2D eigenvalue weighted by molar-refractivity contribution is -0.161. The van der Waals surface area contributed by atoms with Gasteiger partial charge < -0.3 is 14.6 Å². The van der Waals surface area contributed by atoms with Crippen molar-refractivity contribution in [1.29, 1.82) is 0 Å². The molecule has 0 heterocycles. The van der Waals surface area contributed by atoms with Gasteiger partial charge in [-0.05, 0) is 57.3 Å². The van der Waals surface area contributed by atoms with Gasteiger partial charge in [-0.2, -0.15) is 0 Å². The lowest BCUT2D eigenvalue weighted by Crippen LogP contribution is -2.17. The number of hydrogen-bond acceptors (Lipinski definition) is 7. The van der Waals surface area contributed by atoms with Crippen molar-refractivity contribution in [3.05, 3.63) is 25.3 Å². The number of allylic oxidation sites excluding steroid dienone is 2. The maximum atomic E-state index is 11.9. The van der Waals surface area contributed by atoms with Crippen LogP contribution in [0.1, 0.15) is 128 Å². The van der Waals surface area contributed by atoms with E-state index in [1.165, 1.54) is 0 Å². The minimum absolute atomic E-state index is 0.0121. The fraction of sp³-hybridized carbons (Fsp3) is 0.733. The fourth-order valence-corrected chi connectivity index (χ4v) is 3.96. The van der Waals surface area contributed by atoms with Crippen molar-refractivity contribution < 1.29 is 33.8 Å². The Hall–Kier alpha value is -2.28. The molecule has 0 unspecified atom stereocenters. The molecular weight excluding hydrogens is 472 g/mol. The first-order valence-corrected chi connectivity index (χ1v) is 14.2. The normalized spacial score (nSPS) is 10.8. The van der Waals surface area contributed by atoms with Crippen LogP contribution in [0.25, 0.3) is 0 Å². The molecule has 7 nitrogen and oxygen atoms in total. The summed E-state index contributed by atoms with van der Waals surface area (Å²) in [6.45, 7) is 7.20. The fourth-order valence-electron chi connectivity index (χ4n) is 3.96. The lowest BCUT2D eigenvalue weighted by Gasteiger charge is -2.12. The SMILES string of the molecule is C=CCCCCCCCCC(=O)OC(=O)CCC(CO)CCC(=O)OC(=O)CCCCCCCCC=C. The van der Waals surface area contributed by atoms with Crippen molar-refractivity contribution in [3.63, 3.8) is 0 Å². The molecule has 0 rings (SSSR count). The minimum Gasteiger partial charge on any atom is -0.396 e. The summed E-state index contributed by atoms with van der Waals surface area (Å²) >= 11 is 0. The van der Waals surface area contributed by atoms with Gasteiger partial charge in [0.2, 0.25) is 0 Å². The van der Waals surface area contributed by atoms with Crippen LogP contribution in [0.4, 0.5) is 0 Å².